The molecule has 0 saturated heterocycles. The van der Waals surface area contributed by atoms with Crippen LogP contribution in [0.5, 0.6) is 11.5 Å². The van der Waals surface area contributed by atoms with Crippen LogP contribution in [-0.4, -0.2) is 23.3 Å². The SMILES string of the molecule is CCOC(=O)c1c(C)cc2c(c1O)C=CC1(CCCCC1)O2. The fraction of sp³-hybridized carbons (Fsp3) is 0.500. The molecule has 2 aliphatic rings. The molecule has 3 rings (SSSR count). The Kier molecular flexibility index (Phi) is 3.85. The van der Waals surface area contributed by atoms with Crippen LogP contribution in [0.2, 0.25) is 0 Å². The summed E-state index contributed by atoms with van der Waals surface area (Å²) in [6, 6.07) is 1.83. The number of esters is 1. The highest BCUT2D eigenvalue weighted by molar-refractivity contribution is 5.96. The molecule has 0 bridgehead atoms. The van der Waals surface area contributed by atoms with E-state index in [2.05, 4.69) is 0 Å². The van der Waals surface area contributed by atoms with Crippen LogP contribution in [0.4, 0.5) is 0 Å². The van der Waals surface area contributed by atoms with Gasteiger partial charge in [-0.3, -0.25) is 0 Å². The molecule has 118 valence electrons. The van der Waals surface area contributed by atoms with Crippen molar-refractivity contribution in [2.45, 2.75) is 51.6 Å². The third kappa shape index (κ3) is 2.47. The van der Waals surface area contributed by atoms with E-state index in [1.807, 2.05) is 18.2 Å². The molecule has 1 saturated carbocycles. The molecule has 4 nitrogen and oxygen atoms in total. The van der Waals surface area contributed by atoms with Gasteiger partial charge in [0.05, 0.1) is 12.2 Å². The monoisotopic (exact) mass is 302 g/mol. The van der Waals surface area contributed by atoms with Gasteiger partial charge in [-0.05, 0) is 63.3 Å². The van der Waals surface area contributed by atoms with Gasteiger partial charge in [0, 0.05) is 0 Å². The number of hydrogen-bond acceptors (Lipinski definition) is 4. The number of ether oxygens (including phenoxy) is 2. The summed E-state index contributed by atoms with van der Waals surface area (Å²) in [5.41, 5.74) is 1.24. The molecule has 0 unspecified atom stereocenters. The maximum absolute atomic E-state index is 12.0. The first-order valence-electron chi connectivity index (χ1n) is 7.98. The molecule has 0 aromatic heterocycles. The van der Waals surface area contributed by atoms with Gasteiger partial charge in [-0.1, -0.05) is 6.42 Å². The summed E-state index contributed by atoms with van der Waals surface area (Å²) in [5.74, 6) is 0.120. The summed E-state index contributed by atoms with van der Waals surface area (Å²) >= 11 is 0. The smallest absolute Gasteiger partial charge is 0.342 e. The lowest BCUT2D eigenvalue weighted by molar-refractivity contribution is 0.0521. The first-order valence-corrected chi connectivity index (χ1v) is 7.98. The Morgan fingerprint density at radius 2 is 2.09 bits per heavy atom. The highest BCUT2D eigenvalue weighted by Crippen LogP contribution is 2.44. The van der Waals surface area contributed by atoms with Gasteiger partial charge in [0.2, 0.25) is 0 Å². The van der Waals surface area contributed by atoms with Gasteiger partial charge >= 0.3 is 5.97 Å². The highest BCUT2D eigenvalue weighted by atomic mass is 16.5. The number of benzene rings is 1. The molecule has 4 heteroatoms. The van der Waals surface area contributed by atoms with Crippen molar-refractivity contribution >= 4 is 12.0 Å². The van der Waals surface area contributed by atoms with Crippen LogP contribution in [0.15, 0.2) is 12.1 Å². The molecule has 0 radical (unpaired) electrons. The van der Waals surface area contributed by atoms with Crippen molar-refractivity contribution in [1.29, 1.82) is 0 Å². The number of hydrogen-bond donors (Lipinski definition) is 1. The van der Waals surface area contributed by atoms with E-state index < -0.39 is 5.97 Å². The van der Waals surface area contributed by atoms with Gasteiger partial charge in [0.15, 0.2) is 0 Å². The molecular weight excluding hydrogens is 280 g/mol. The van der Waals surface area contributed by atoms with Crippen molar-refractivity contribution in [3.63, 3.8) is 0 Å². The third-order valence-electron chi connectivity index (χ3n) is 4.55. The predicted octanol–water partition coefficient (Wildman–Crippen LogP) is 3.99. The average molecular weight is 302 g/mol. The Morgan fingerprint density at radius 1 is 1.36 bits per heavy atom. The second-order valence-electron chi connectivity index (χ2n) is 6.11. The van der Waals surface area contributed by atoms with E-state index in [9.17, 15) is 9.90 Å². The molecule has 1 fully saturated rings. The van der Waals surface area contributed by atoms with E-state index in [1.165, 1.54) is 6.42 Å². The Hall–Kier alpha value is -1.97. The lowest BCUT2D eigenvalue weighted by Crippen LogP contribution is -2.37. The maximum atomic E-state index is 12.0. The highest BCUT2D eigenvalue weighted by Gasteiger charge is 2.36. The molecule has 1 spiro atoms. The van der Waals surface area contributed by atoms with Gasteiger partial charge in [0.1, 0.15) is 22.7 Å². The normalized spacial score (nSPS) is 18.6. The Bertz CT molecular complexity index is 624. The number of aryl methyl sites for hydroxylation is 1. The van der Waals surface area contributed by atoms with Crippen LogP contribution in [-0.2, 0) is 4.74 Å². The molecule has 1 aromatic rings. The summed E-state index contributed by atoms with van der Waals surface area (Å²) in [6.45, 7) is 3.82. The number of phenolic OH excluding ortho intramolecular Hbond substituents is 1. The van der Waals surface area contributed by atoms with Crippen molar-refractivity contribution in [3.05, 3.63) is 28.8 Å². The zero-order valence-corrected chi connectivity index (χ0v) is 13.1. The maximum Gasteiger partial charge on any atom is 0.342 e. The van der Waals surface area contributed by atoms with Crippen LogP contribution in [0.1, 0.15) is 60.5 Å². The fourth-order valence-corrected chi connectivity index (χ4v) is 3.40. The quantitative estimate of drug-likeness (QED) is 0.839. The van der Waals surface area contributed by atoms with Gasteiger partial charge in [-0.25, -0.2) is 4.79 Å². The topological polar surface area (TPSA) is 55.8 Å². The number of phenols is 1. The van der Waals surface area contributed by atoms with E-state index in [0.717, 1.165) is 25.7 Å². The van der Waals surface area contributed by atoms with E-state index >= 15 is 0 Å². The minimum absolute atomic E-state index is 0.0460. The zero-order valence-electron chi connectivity index (χ0n) is 13.1. The predicted molar refractivity (Wildman–Crippen MR) is 84.3 cm³/mol. The molecule has 1 aromatic carbocycles. The summed E-state index contributed by atoms with van der Waals surface area (Å²) < 4.78 is 11.2. The van der Waals surface area contributed by atoms with Crippen LogP contribution in [0.3, 0.4) is 0 Å². The molecule has 0 amide bonds. The molecule has 1 N–H and O–H groups in total. The minimum Gasteiger partial charge on any atom is -0.506 e. The Morgan fingerprint density at radius 3 is 2.77 bits per heavy atom. The number of carbonyl (C=O) groups is 1. The van der Waals surface area contributed by atoms with Crippen LogP contribution in [0, 0.1) is 6.92 Å². The number of aromatic hydroxyl groups is 1. The summed E-state index contributed by atoms with van der Waals surface area (Å²) in [7, 11) is 0. The van der Waals surface area contributed by atoms with E-state index in [-0.39, 0.29) is 23.5 Å². The molecule has 1 aliphatic carbocycles. The van der Waals surface area contributed by atoms with Crippen molar-refractivity contribution in [2.75, 3.05) is 6.61 Å². The molecule has 1 aliphatic heterocycles. The first kappa shape index (κ1) is 14.9. The minimum atomic E-state index is -0.494. The Balaban J connectivity index is 2.00. The zero-order chi connectivity index (χ0) is 15.7. The lowest BCUT2D eigenvalue weighted by atomic mass is 9.82. The molecule has 0 atom stereocenters. The van der Waals surface area contributed by atoms with E-state index in [0.29, 0.717) is 16.9 Å². The van der Waals surface area contributed by atoms with E-state index in [4.69, 9.17) is 9.47 Å². The summed E-state index contributed by atoms with van der Waals surface area (Å²) in [4.78, 5) is 12.0. The van der Waals surface area contributed by atoms with Crippen molar-refractivity contribution in [1.82, 2.24) is 0 Å². The number of fused-ring (bicyclic) bond motifs is 1. The number of rotatable bonds is 2. The molecular formula is C18H22O4. The second kappa shape index (κ2) is 5.67. The van der Waals surface area contributed by atoms with Crippen LogP contribution < -0.4 is 4.74 Å². The average Bonchev–Trinajstić information content (AvgIpc) is 2.48. The van der Waals surface area contributed by atoms with E-state index in [1.54, 1.807) is 13.8 Å². The Labute approximate surface area is 130 Å². The fourth-order valence-electron chi connectivity index (χ4n) is 3.40. The van der Waals surface area contributed by atoms with Crippen molar-refractivity contribution in [2.24, 2.45) is 0 Å². The second-order valence-corrected chi connectivity index (χ2v) is 6.11. The van der Waals surface area contributed by atoms with Gasteiger partial charge < -0.3 is 14.6 Å². The van der Waals surface area contributed by atoms with Gasteiger partial charge in [-0.2, -0.15) is 0 Å². The standard InChI is InChI=1S/C18H22O4/c1-3-21-17(20)15-12(2)11-14-13(16(15)19)7-10-18(22-14)8-5-4-6-9-18/h7,10-11,19H,3-6,8-9H2,1-2H3. The van der Waals surface area contributed by atoms with Crippen LogP contribution >= 0.6 is 0 Å². The van der Waals surface area contributed by atoms with Crippen molar-refractivity contribution in [3.8, 4) is 11.5 Å². The third-order valence-corrected chi connectivity index (χ3v) is 4.55. The van der Waals surface area contributed by atoms with Gasteiger partial charge in [-0.15, -0.1) is 0 Å². The first-order chi connectivity index (χ1) is 10.6. The summed E-state index contributed by atoms with van der Waals surface area (Å²) in [5, 5.41) is 10.5. The molecule has 1 heterocycles. The van der Waals surface area contributed by atoms with Gasteiger partial charge in [0.25, 0.3) is 0 Å². The van der Waals surface area contributed by atoms with Crippen LogP contribution in [0.25, 0.3) is 6.08 Å². The van der Waals surface area contributed by atoms with Crippen molar-refractivity contribution < 1.29 is 19.4 Å². The summed E-state index contributed by atoms with van der Waals surface area (Å²) in [6.07, 6.45) is 9.50. The largest absolute Gasteiger partial charge is 0.506 e. The lowest BCUT2D eigenvalue weighted by Gasteiger charge is -2.38. The number of carbonyl (C=O) groups excluding carboxylic acids is 1. The molecule has 22 heavy (non-hydrogen) atoms.